The second-order valence-corrected chi connectivity index (χ2v) is 0. The molecule has 0 unspecified atom stereocenters. The van der Waals surface area contributed by atoms with Crippen LogP contribution in [0.2, 0.25) is 0 Å². The van der Waals surface area contributed by atoms with Crippen LogP contribution in [0.15, 0.2) is 0 Å². The van der Waals surface area contributed by atoms with Gasteiger partial charge in [-0.05, 0) is 0 Å². The predicted molar refractivity (Wildman–Crippen MR) is 6.44 cm³/mol. The van der Waals surface area contributed by atoms with E-state index in [1.165, 1.54) is 0 Å². The monoisotopic (exact) mass is 304 g/mol. The van der Waals surface area contributed by atoms with E-state index in [0.29, 0.717) is 0 Å². The SMILES string of the molecule is [Al].[Au].[O-2].[Zn+2]. The van der Waals surface area contributed by atoms with Crippen molar-refractivity contribution in [2.75, 3.05) is 0 Å². The average Bonchev–Trinajstić information content (AvgIpc) is 0. The molecule has 0 saturated heterocycles. The van der Waals surface area contributed by atoms with Gasteiger partial charge in [-0.3, -0.25) is 0 Å². The molecule has 1 nitrogen and oxygen atoms in total. The second-order valence-electron chi connectivity index (χ2n) is 0. The van der Waals surface area contributed by atoms with Gasteiger partial charge in [-0.1, -0.05) is 0 Å². The van der Waals surface area contributed by atoms with Crippen molar-refractivity contribution >= 4 is 17.4 Å². The van der Waals surface area contributed by atoms with Crippen LogP contribution in [0.5, 0.6) is 0 Å². The summed E-state index contributed by atoms with van der Waals surface area (Å²) in [5.41, 5.74) is 0. The van der Waals surface area contributed by atoms with Gasteiger partial charge in [0, 0.05) is 39.7 Å². The van der Waals surface area contributed by atoms with Crippen molar-refractivity contribution < 1.29 is 47.3 Å². The Morgan fingerprint density at radius 2 is 1.00 bits per heavy atom. The van der Waals surface area contributed by atoms with Gasteiger partial charge >= 0.3 is 19.5 Å². The minimum Gasteiger partial charge on any atom is -2.00 e. The van der Waals surface area contributed by atoms with E-state index in [1.54, 1.807) is 0 Å². The van der Waals surface area contributed by atoms with E-state index in [1.807, 2.05) is 0 Å². The normalized spacial score (nSPS) is 0. The van der Waals surface area contributed by atoms with Crippen LogP contribution in [0, 0.1) is 0 Å². The van der Waals surface area contributed by atoms with Gasteiger partial charge in [-0.15, -0.1) is 0 Å². The first kappa shape index (κ1) is 40.1. The molecule has 0 aliphatic rings. The minimum absolute atomic E-state index is 0. The summed E-state index contributed by atoms with van der Waals surface area (Å²) in [7, 11) is 0. The summed E-state index contributed by atoms with van der Waals surface area (Å²) < 4.78 is 0. The third-order valence-electron chi connectivity index (χ3n) is 0. The Morgan fingerprint density at radius 3 is 1.00 bits per heavy atom. The summed E-state index contributed by atoms with van der Waals surface area (Å²) in [6.07, 6.45) is 0. The maximum absolute atomic E-state index is 0. The molecule has 0 atom stereocenters. The fourth-order valence-corrected chi connectivity index (χ4v) is 0. The molecule has 0 aliphatic carbocycles. The zero-order chi connectivity index (χ0) is 0. The molecule has 0 aromatic carbocycles. The van der Waals surface area contributed by atoms with Crippen LogP contribution in [0.1, 0.15) is 0 Å². The minimum atomic E-state index is 0. The van der Waals surface area contributed by atoms with Crippen LogP contribution in [0.4, 0.5) is 0 Å². The first-order valence-corrected chi connectivity index (χ1v) is 0. The van der Waals surface area contributed by atoms with E-state index in [4.69, 9.17) is 0 Å². The van der Waals surface area contributed by atoms with Crippen LogP contribution in [0.25, 0.3) is 0 Å². The number of hydrogen-bond donors (Lipinski definition) is 0. The Balaban J connectivity index is 0. The van der Waals surface area contributed by atoms with Crippen molar-refractivity contribution in [3.8, 4) is 0 Å². The van der Waals surface area contributed by atoms with Gasteiger partial charge in [-0.25, -0.2) is 0 Å². The van der Waals surface area contributed by atoms with E-state index in [-0.39, 0.29) is 64.7 Å². The topological polar surface area (TPSA) is 28.5 Å². The van der Waals surface area contributed by atoms with Gasteiger partial charge in [0.1, 0.15) is 0 Å². The van der Waals surface area contributed by atoms with Crippen molar-refractivity contribution in [2.24, 2.45) is 0 Å². The zero-order valence-corrected chi connectivity index (χ0v) is 8.28. The largest absolute Gasteiger partial charge is 2.00 e. The Kier molecular flexibility index (Phi) is 210. The molecular formula is AlAuOZn. The molecular weight excluding hydrogens is 305 g/mol. The summed E-state index contributed by atoms with van der Waals surface area (Å²) in [5.74, 6) is 0. The molecule has 0 amide bonds. The Hall–Kier alpha value is 1.86. The number of rotatable bonds is 0. The van der Waals surface area contributed by atoms with E-state index < -0.39 is 0 Å². The molecule has 0 aromatic heterocycles. The molecule has 0 bridgehead atoms. The van der Waals surface area contributed by atoms with Crippen molar-refractivity contribution in [3.05, 3.63) is 0 Å². The third kappa shape index (κ3) is 9.13. The molecule has 0 saturated carbocycles. The molecule has 4 heavy (non-hydrogen) atoms. The molecule has 0 aromatic rings. The van der Waals surface area contributed by atoms with Crippen LogP contribution < -0.4 is 0 Å². The van der Waals surface area contributed by atoms with Gasteiger partial charge in [0.05, 0.1) is 0 Å². The molecule has 0 spiro atoms. The van der Waals surface area contributed by atoms with E-state index in [0.717, 1.165) is 0 Å². The number of hydrogen-bond acceptors (Lipinski definition) is 0. The van der Waals surface area contributed by atoms with E-state index in [9.17, 15) is 0 Å². The molecule has 4 radical (unpaired) electrons. The Labute approximate surface area is 64.2 Å². The summed E-state index contributed by atoms with van der Waals surface area (Å²) in [6.45, 7) is 0. The van der Waals surface area contributed by atoms with Gasteiger partial charge < -0.3 is 5.48 Å². The maximum atomic E-state index is 0. The van der Waals surface area contributed by atoms with Gasteiger partial charge in [0.15, 0.2) is 0 Å². The summed E-state index contributed by atoms with van der Waals surface area (Å²) in [6, 6.07) is 0. The third-order valence-corrected chi connectivity index (χ3v) is 0. The summed E-state index contributed by atoms with van der Waals surface area (Å²) >= 11 is 0. The van der Waals surface area contributed by atoms with Crippen molar-refractivity contribution in [2.45, 2.75) is 0 Å². The van der Waals surface area contributed by atoms with E-state index >= 15 is 0 Å². The van der Waals surface area contributed by atoms with Crippen LogP contribution in [-0.4, -0.2) is 17.4 Å². The smallest absolute Gasteiger partial charge is 2.00 e. The Morgan fingerprint density at radius 1 is 1.00 bits per heavy atom. The predicted octanol–water partition coefficient (Wildman–Crippen LogP) is -0.505. The first-order valence-electron chi connectivity index (χ1n) is 0. The first-order chi connectivity index (χ1) is 0. The van der Waals surface area contributed by atoms with Crippen LogP contribution >= 0.6 is 0 Å². The van der Waals surface area contributed by atoms with Crippen molar-refractivity contribution in [1.29, 1.82) is 0 Å². The molecule has 0 heterocycles. The Bertz CT molecular complexity index is 8.00. The van der Waals surface area contributed by atoms with Crippen LogP contribution in [0.3, 0.4) is 0 Å². The van der Waals surface area contributed by atoms with Crippen molar-refractivity contribution in [1.82, 2.24) is 0 Å². The fourth-order valence-electron chi connectivity index (χ4n) is 0. The second kappa shape index (κ2) is 21.0. The van der Waals surface area contributed by atoms with E-state index in [2.05, 4.69) is 0 Å². The van der Waals surface area contributed by atoms with Gasteiger partial charge in [0.25, 0.3) is 0 Å². The van der Waals surface area contributed by atoms with Gasteiger partial charge in [0.2, 0.25) is 0 Å². The van der Waals surface area contributed by atoms with Gasteiger partial charge in [-0.2, -0.15) is 0 Å². The van der Waals surface area contributed by atoms with Crippen LogP contribution in [-0.2, 0) is 47.3 Å². The van der Waals surface area contributed by atoms with Crippen molar-refractivity contribution in [3.63, 3.8) is 0 Å². The molecule has 4 heteroatoms. The molecule has 0 aliphatic heterocycles. The molecule has 22 valence electrons. The molecule has 0 fully saturated rings. The summed E-state index contributed by atoms with van der Waals surface area (Å²) in [4.78, 5) is 0. The quantitative estimate of drug-likeness (QED) is 0.540. The maximum Gasteiger partial charge on any atom is 2.00 e. The standard InChI is InChI=1S/Al.Au.O.Zn/q;;-2;+2. The fraction of sp³-hybridized carbons (Fsp3) is 0. The molecule has 0 rings (SSSR count). The summed E-state index contributed by atoms with van der Waals surface area (Å²) in [5, 5.41) is 0. The molecule has 0 N–H and O–H groups in total. The zero-order valence-electron chi connectivity index (χ0n) is 1.99. The average molecular weight is 305 g/mol.